The molecule has 0 bridgehead atoms. The fourth-order valence-electron chi connectivity index (χ4n) is 4.45. The molecule has 0 spiro atoms. The van der Waals surface area contributed by atoms with Crippen molar-refractivity contribution in [3.63, 3.8) is 0 Å². The van der Waals surface area contributed by atoms with E-state index in [-0.39, 0.29) is 0 Å². The molecule has 7 rings (SSSR count). The number of hydrogen-bond donors (Lipinski definition) is 0. The van der Waals surface area contributed by atoms with Gasteiger partial charge >= 0.3 is 0 Å². The Balaban J connectivity index is 1.76. The maximum atomic E-state index is 5.00. The van der Waals surface area contributed by atoms with Crippen LogP contribution in [-0.4, -0.2) is 14.0 Å². The molecule has 0 unspecified atom stereocenters. The van der Waals surface area contributed by atoms with Crippen molar-refractivity contribution in [2.45, 2.75) is 0 Å². The molecule has 0 amide bonds. The van der Waals surface area contributed by atoms with Crippen LogP contribution in [0.2, 0.25) is 0 Å². The Hall–Kier alpha value is -3.63. The van der Waals surface area contributed by atoms with Crippen LogP contribution in [0.4, 0.5) is 0 Å². The van der Waals surface area contributed by atoms with Crippen molar-refractivity contribution >= 4 is 59.4 Å². The highest BCUT2D eigenvalue weighted by atomic mass is 32.1. The van der Waals surface area contributed by atoms with E-state index < -0.39 is 0 Å². The third kappa shape index (κ3) is 1.99. The van der Waals surface area contributed by atoms with Crippen molar-refractivity contribution in [3.8, 4) is 5.69 Å². The van der Waals surface area contributed by atoms with E-state index in [9.17, 15) is 0 Å². The van der Waals surface area contributed by atoms with Crippen molar-refractivity contribution < 1.29 is 0 Å². The lowest BCUT2D eigenvalue weighted by Gasteiger charge is -2.04. The van der Waals surface area contributed by atoms with Gasteiger partial charge in [0.15, 0.2) is 0 Å². The Kier molecular flexibility index (Phi) is 2.88. The molecule has 4 aromatic carbocycles. The van der Waals surface area contributed by atoms with Crippen LogP contribution in [0.15, 0.2) is 91.0 Å². The molecule has 7 aromatic rings. The molecule has 0 fully saturated rings. The van der Waals surface area contributed by atoms with Crippen LogP contribution in [-0.2, 0) is 0 Å². The first kappa shape index (κ1) is 15.3. The van der Waals surface area contributed by atoms with Gasteiger partial charge in [0, 0.05) is 25.9 Å². The summed E-state index contributed by atoms with van der Waals surface area (Å²) in [6.07, 6.45) is 0. The second kappa shape index (κ2) is 5.46. The average Bonchev–Trinajstić information content (AvgIpc) is 3.40. The summed E-state index contributed by atoms with van der Waals surface area (Å²) in [7, 11) is 0. The van der Waals surface area contributed by atoms with E-state index in [4.69, 9.17) is 4.98 Å². The number of thiophene rings is 1. The fourth-order valence-corrected chi connectivity index (χ4v) is 5.57. The van der Waals surface area contributed by atoms with Crippen LogP contribution in [0.25, 0.3) is 53.7 Å². The van der Waals surface area contributed by atoms with E-state index in [1.165, 1.54) is 31.2 Å². The van der Waals surface area contributed by atoms with Gasteiger partial charge in [0.25, 0.3) is 0 Å². The summed E-state index contributed by atoms with van der Waals surface area (Å²) in [6.45, 7) is 0. The quantitative estimate of drug-likeness (QED) is 0.303. The molecule has 4 heteroatoms. The number of hydrogen-bond acceptors (Lipinski definition) is 2. The summed E-state index contributed by atoms with van der Waals surface area (Å²) in [6, 6.07) is 32.2. The molecule has 0 aliphatic heterocycles. The summed E-state index contributed by atoms with van der Waals surface area (Å²) in [4.78, 5) is 5.00. The number of imidazole rings is 2. The summed E-state index contributed by atoms with van der Waals surface area (Å²) in [5, 5.41) is 2.63. The highest BCUT2D eigenvalue weighted by molar-refractivity contribution is 7.25. The zero-order valence-corrected chi connectivity index (χ0v) is 16.2. The Bertz CT molecular complexity index is 1700. The molecule has 0 radical (unpaired) electrons. The average molecular weight is 389 g/mol. The van der Waals surface area contributed by atoms with Gasteiger partial charge in [-0.05, 0) is 42.5 Å². The van der Waals surface area contributed by atoms with Crippen LogP contribution in [0, 0.1) is 0 Å². The van der Waals surface area contributed by atoms with Gasteiger partial charge in [-0.2, -0.15) is 0 Å². The molecular formula is C25H15N3S. The summed E-state index contributed by atoms with van der Waals surface area (Å²) in [5.74, 6) is 0.953. The van der Waals surface area contributed by atoms with Crippen LogP contribution in [0.1, 0.15) is 0 Å². The van der Waals surface area contributed by atoms with E-state index >= 15 is 0 Å². The summed E-state index contributed by atoms with van der Waals surface area (Å²) < 4.78 is 7.21. The van der Waals surface area contributed by atoms with Gasteiger partial charge in [-0.3, -0.25) is 8.97 Å². The molecular weight excluding hydrogens is 374 g/mol. The second-order valence-corrected chi connectivity index (χ2v) is 8.43. The number of para-hydroxylation sites is 3. The number of rotatable bonds is 1. The van der Waals surface area contributed by atoms with Crippen LogP contribution in [0.3, 0.4) is 0 Å². The first-order chi connectivity index (χ1) is 14.4. The van der Waals surface area contributed by atoms with Crippen molar-refractivity contribution in [2.75, 3.05) is 0 Å². The highest BCUT2D eigenvalue weighted by Gasteiger charge is 2.18. The van der Waals surface area contributed by atoms with E-state index in [1.54, 1.807) is 0 Å². The van der Waals surface area contributed by atoms with Crippen molar-refractivity contribution in [2.24, 2.45) is 0 Å². The smallest absolute Gasteiger partial charge is 0.220 e. The predicted molar refractivity (Wildman–Crippen MR) is 122 cm³/mol. The molecule has 3 heterocycles. The Morgan fingerprint density at radius 1 is 0.621 bits per heavy atom. The van der Waals surface area contributed by atoms with Crippen molar-refractivity contribution in [1.82, 2.24) is 14.0 Å². The van der Waals surface area contributed by atoms with Gasteiger partial charge < -0.3 is 0 Å². The minimum absolute atomic E-state index is 0.953. The number of aromatic nitrogens is 3. The monoisotopic (exact) mass is 389 g/mol. The number of benzene rings is 4. The normalized spacial score (nSPS) is 12.1. The third-order valence-corrected chi connectivity index (χ3v) is 6.85. The molecule has 0 N–H and O–H groups in total. The SMILES string of the molecule is c1ccc(-n2c3cc4sc5ccccc5c4cc3n3c4ccccc4nc23)cc1. The molecule has 0 atom stereocenters. The fraction of sp³-hybridized carbons (Fsp3) is 0. The third-order valence-electron chi connectivity index (χ3n) is 5.71. The van der Waals surface area contributed by atoms with Gasteiger partial charge in [0.1, 0.15) is 0 Å². The van der Waals surface area contributed by atoms with E-state index in [1.807, 2.05) is 11.3 Å². The molecule has 3 aromatic heterocycles. The molecule has 0 saturated carbocycles. The molecule has 3 nitrogen and oxygen atoms in total. The maximum absolute atomic E-state index is 5.00. The van der Waals surface area contributed by atoms with E-state index in [2.05, 4.69) is 100.0 Å². The Morgan fingerprint density at radius 2 is 1.41 bits per heavy atom. The van der Waals surface area contributed by atoms with Gasteiger partial charge in [0.05, 0.1) is 22.1 Å². The van der Waals surface area contributed by atoms with Crippen LogP contribution < -0.4 is 0 Å². The largest absolute Gasteiger partial charge is 0.278 e. The van der Waals surface area contributed by atoms with Crippen molar-refractivity contribution in [3.05, 3.63) is 91.0 Å². The first-order valence-corrected chi connectivity index (χ1v) is 10.5. The molecule has 0 aliphatic rings. The zero-order valence-electron chi connectivity index (χ0n) is 15.4. The number of fused-ring (bicyclic) bond motifs is 8. The van der Waals surface area contributed by atoms with Crippen LogP contribution >= 0.6 is 11.3 Å². The second-order valence-electron chi connectivity index (χ2n) is 7.34. The predicted octanol–water partition coefficient (Wildman–Crippen LogP) is 6.80. The molecule has 0 saturated heterocycles. The lowest BCUT2D eigenvalue weighted by Crippen LogP contribution is -1.94. The number of nitrogens with zero attached hydrogens (tertiary/aromatic N) is 3. The van der Waals surface area contributed by atoms with Gasteiger partial charge in [0.2, 0.25) is 5.78 Å². The molecule has 29 heavy (non-hydrogen) atoms. The topological polar surface area (TPSA) is 22.2 Å². The highest BCUT2D eigenvalue weighted by Crippen LogP contribution is 2.38. The van der Waals surface area contributed by atoms with Crippen LogP contribution in [0.5, 0.6) is 0 Å². The Morgan fingerprint density at radius 3 is 2.34 bits per heavy atom. The standard InChI is InChI=1S/C25H15N3S/c1-2-8-16(9-3-1)27-22-15-24-18(17-10-4-7-13-23(17)29-24)14-21(22)28-20-12-6-5-11-19(20)26-25(27)28/h1-15H. The summed E-state index contributed by atoms with van der Waals surface area (Å²) in [5.41, 5.74) is 5.66. The minimum atomic E-state index is 0.953. The lowest BCUT2D eigenvalue weighted by atomic mass is 10.1. The molecule has 0 aliphatic carbocycles. The van der Waals surface area contributed by atoms with Crippen molar-refractivity contribution in [1.29, 1.82) is 0 Å². The van der Waals surface area contributed by atoms with E-state index in [0.717, 1.165) is 22.5 Å². The summed E-state index contributed by atoms with van der Waals surface area (Å²) >= 11 is 1.85. The minimum Gasteiger partial charge on any atom is -0.278 e. The van der Waals surface area contributed by atoms with Gasteiger partial charge in [-0.1, -0.05) is 48.5 Å². The first-order valence-electron chi connectivity index (χ1n) is 9.67. The Labute approximate surface area is 170 Å². The lowest BCUT2D eigenvalue weighted by molar-refractivity contribution is 1.11. The zero-order chi connectivity index (χ0) is 18.9. The van der Waals surface area contributed by atoms with E-state index in [0.29, 0.717) is 0 Å². The maximum Gasteiger partial charge on any atom is 0.220 e. The van der Waals surface area contributed by atoms with Gasteiger partial charge in [-0.15, -0.1) is 11.3 Å². The molecule has 136 valence electrons. The van der Waals surface area contributed by atoms with Gasteiger partial charge in [-0.25, -0.2) is 4.98 Å².